The Morgan fingerprint density at radius 1 is 1.33 bits per heavy atom. The standard InChI is InChI=1S/C21H29N3/c1-17-8-4-5-10-21(17)15-23-18(2)12-19-9-6-7-11-24(3)16-20(13-19)14-22/h4-5,8-10,13,18,23H,6-7,11-12,15-16H2,1-3H3. The maximum atomic E-state index is 9.36. The summed E-state index contributed by atoms with van der Waals surface area (Å²) < 4.78 is 0. The van der Waals surface area contributed by atoms with E-state index in [1.165, 1.54) is 16.7 Å². The summed E-state index contributed by atoms with van der Waals surface area (Å²) in [5.74, 6) is 0. The molecule has 1 heterocycles. The van der Waals surface area contributed by atoms with E-state index < -0.39 is 0 Å². The third-order valence-electron chi connectivity index (χ3n) is 4.54. The van der Waals surface area contributed by atoms with Crippen LogP contribution in [-0.2, 0) is 6.54 Å². The minimum absolute atomic E-state index is 0.380. The Bertz CT molecular complexity index is 637. The summed E-state index contributed by atoms with van der Waals surface area (Å²) in [5, 5.41) is 13.0. The second-order valence-corrected chi connectivity index (χ2v) is 6.85. The molecule has 0 aliphatic carbocycles. The fraction of sp³-hybridized carbons (Fsp3) is 0.476. The Kier molecular flexibility index (Phi) is 7.24. The van der Waals surface area contributed by atoms with Crippen molar-refractivity contribution in [3.8, 4) is 6.07 Å². The van der Waals surface area contributed by atoms with Gasteiger partial charge in [-0.1, -0.05) is 30.3 Å². The highest BCUT2D eigenvalue weighted by Crippen LogP contribution is 2.16. The number of benzene rings is 1. The van der Waals surface area contributed by atoms with Crippen LogP contribution in [0.2, 0.25) is 0 Å². The van der Waals surface area contributed by atoms with Gasteiger partial charge >= 0.3 is 0 Å². The quantitative estimate of drug-likeness (QED) is 0.891. The van der Waals surface area contributed by atoms with Crippen LogP contribution >= 0.6 is 0 Å². The van der Waals surface area contributed by atoms with Gasteiger partial charge in [-0.2, -0.15) is 5.26 Å². The normalized spacial score (nSPS) is 17.8. The predicted octanol–water partition coefficient (Wildman–Crippen LogP) is 3.97. The lowest BCUT2D eigenvalue weighted by molar-refractivity contribution is 0.361. The van der Waals surface area contributed by atoms with Gasteiger partial charge in [0.05, 0.1) is 6.07 Å². The van der Waals surface area contributed by atoms with E-state index in [0.29, 0.717) is 6.04 Å². The molecular formula is C21H29N3. The molecule has 24 heavy (non-hydrogen) atoms. The third kappa shape index (κ3) is 5.96. The van der Waals surface area contributed by atoms with Crippen LogP contribution in [0.1, 0.15) is 37.3 Å². The summed E-state index contributed by atoms with van der Waals surface area (Å²) in [4.78, 5) is 2.23. The van der Waals surface area contributed by atoms with Crippen LogP contribution in [0.5, 0.6) is 0 Å². The first-order chi connectivity index (χ1) is 11.6. The second-order valence-electron chi connectivity index (χ2n) is 6.85. The first kappa shape index (κ1) is 18.4. The molecule has 0 spiro atoms. The summed E-state index contributed by atoms with van der Waals surface area (Å²) >= 11 is 0. The van der Waals surface area contributed by atoms with Crippen molar-refractivity contribution >= 4 is 0 Å². The largest absolute Gasteiger partial charge is 0.310 e. The molecule has 1 aliphatic heterocycles. The molecular weight excluding hydrogens is 294 g/mol. The lowest BCUT2D eigenvalue weighted by Crippen LogP contribution is -2.26. The molecule has 3 heteroatoms. The van der Waals surface area contributed by atoms with Crippen LogP contribution in [-0.4, -0.2) is 31.1 Å². The molecule has 1 unspecified atom stereocenters. The SMILES string of the molecule is Cc1ccccc1CNC(C)CC1=CCCCN(C)CC(C#N)=C1. The number of aryl methyl sites for hydroxylation is 1. The van der Waals surface area contributed by atoms with E-state index in [1.807, 2.05) is 0 Å². The molecule has 3 nitrogen and oxygen atoms in total. The number of nitrogens with zero attached hydrogens (tertiary/aromatic N) is 2. The smallest absolute Gasteiger partial charge is 0.0960 e. The summed E-state index contributed by atoms with van der Waals surface area (Å²) in [6.45, 7) is 7.06. The Morgan fingerprint density at radius 3 is 2.88 bits per heavy atom. The van der Waals surface area contributed by atoms with Gasteiger partial charge in [-0.15, -0.1) is 0 Å². The summed E-state index contributed by atoms with van der Waals surface area (Å²) in [6, 6.07) is 11.2. The zero-order chi connectivity index (χ0) is 17.4. The maximum absolute atomic E-state index is 9.36. The average molecular weight is 323 g/mol. The zero-order valence-electron chi connectivity index (χ0n) is 15.2. The Hall–Kier alpha value is -1.89. The number of likely N-dealkylation sites (N-methyl/N-ethyl adjacent to an activating group) is 1. The molecule has 0 bridgehead atoms. The predicted molar refractivity (Wildman–Crippen MR) is 101 cm³/mol. The van der Waals surface area contributed by atoms with Crippen molar-refractivity contribution in [2.45, 2.75) is 45.7 Å². The number of rotatable bonds is 5. The number of hydrogen-bond acceptors (Lipinski definition) is 3. The summed E-state index contributed by atoms with van der Waals surface area (Å²) in [5.41, 5.74) is 4.82. The fourth-order valence-electron chi connectivity index (χ4n) is 3.08. The number of nitrogens with one attached hydrogen (secondary N) is 1. The van der Waals surface area contributed by atoms with Crippen LogP contribution in [0.3, 0.4) is 0 Å². The van der Waals surface area contributed by atoms with Gasteiger partial charge in [0.2, 0.25) is 0 Å². The minimum atomic E-state index is 0.380. The number of hydrogen-bond donors (Lipinski definition) is 1. The maximum Gasteiger partial charge on any atom is 0.0960 e. The van der Waals surface area contributed by atoms with E-state index in [2.05, 4.69) is 73.6 Å². The van der Waals surface area contributed by atoms with Crippen molar-refractivity contribution in [3.63, 3.8) is 0 Å². The van der Waals surface area contributed by atoms with Gasteiger partial charge in [0.15, 0.2) is 0 Å². The Labute approximate surface area is 146 Å². The van der Waals surface area contributed by atoms with E-state index in [9.17, 15) is 5.26 Å². The van der Waals surface area contributed by atoms with E-state index >= 15 is 0 Å². The fourth-order valence-corrected chi connectivity index (χ4v) is 3.08. The second kappa shape index (κ2) is 9.42. The molecule has 1 atom stereocenters. The molecule has 0 saturated heterocycles. The van der Waals surface area contributed by atoms with Gasteiger partial charge in [-0.05, 0) is 69.5 Å². The van der Waals surface area contributed by atoms with Crippen molar-refractivity contribution in [3.05, 3.63) is 58.7 Å². The van der Waals surface area contributed by atoms with Gasteiger partial charge in [0.25, 0.3) is 0 Å². The number of nitriles is 1. The molecule has 128 valence electrons. The molecule has 0 saturated carbocycles. The average Bonchev–Trinajstić information content (AvgIpc) is 2.65. The monoisotopic (exact) mass is 323 g/mol. The van der Waals surface area contributed by atoms with Crippen LogP contribution in [0.15, 0.2) is 47.6 Å². The van der Waals surface area contributed by atoms with Crippen molar-refractivity contribution in [1.82, 2.24) is 10.2 Å². The molecule has 2 rings (SSSR count). The molecule has 1 aromatic carbocycles. The van der Waals surface area contributed by atoms with Gasteiger partial charge < -0.3 is 10.2 Å². The molecule has 1 N–H and O–H groups in total. The lowest BCUT2D eigenvalue weighted by Gasteiger charge is -2.16. The highest BCUT2D eigenvalue weighted by Gasteiger charge is 2.10. The molecule has 1 aromatic rings. The lowest BCUT2D eigenvalue weighted by atomic mass is 10.0. The van der Waals surface area contributed by atoms with Gasteiger partial charge in [0.1, 0.15) is 0 Å². The van der Waals surface area contributed by atoms with Crippen molar-refractivity contribution in [1.29, 1.82) is 5.26 Å². The van der Waals surface area contributed by atoms with Crippen LogP contribution < -0.4 is 5.32 Å². The topological polar surface area (TPSA) is 39.1 Å². The Morgan fingerprint density at radius 2 is 2.12 bits per heavy atom. The third-order valence-corrected chi connectivity index (χ3v) is 4.54. The first-order valence-electron chi connectivity index (χ1n) is 8.84. The van der Waals surface area contributed by atoms with Gasteiger partial charge in [-0.25, -0.2) is 0 Å². The van der Waals surface area contributed by atoms with Crippen LogP contribution in [0.25, 0.3) is 0 Å². The van der Waals surface area contributed by atoms with E-state index in [1.54, 1.807) is 0 Å². The molecule has 1 aliphatic rings. The molecule has 0 amide bonds. The summed E-state index contributed by atoms with van der Waals surface area (Å²) in [7, 11) is 2.09. The molecule has 0 aromatic heterocycles. The van der Waals surface area contributed by atoms with Crippen LogP contribution in [0, 0.1) is 18.3 Å². The van der Waals surface area contributed by atoms with E-state index in [4.69, 9.17) is 0 Å². The molecule has 0 fully saturated rings. The van der Waals surface area contributed by atoms with Gasteiger partial charge in [0, 0.05) is 24.7 Å². The van der Waals surface area contributed by atoms with Crippen molar-refractivity contribution in [2.24, 2.45) is 0 Å². The van der Waals surface area contributed by atoms with Gasteiger partial charge in [-0.3, -0.25) is 0 Å². The highest BCUT2D eigenvalue weighted by atomic mass is 15.1. The number of allylic oxidation sites excluding steroid dienone is 2. The zero-order valence-corrected chi connectivity index (χ0v) is 15.2. The van der Waals surface area contributed by atoms with E-state index in [0.717, 1.165) is 44.5 Å². The Balaban J connectivity index is 1.96. The van der Waals surface area contributed by atoms with E-state index in [-0.39, 0.29) is 0 Å². The van der Waals surface area contributed by atoms with Crippen molar-refractivity contribution in [2.75, 3.05) is 20.1 Å². The summed E-state index contributed by atoms with van der Waals surface area (Å²) in [6.07, 6.45) is 7.59. The highest BCUT2D eigenvalue weighted by molar-refractivity contribution is 5.33. The van der Waals surface area contributed by atoms with Crippen LogP contribution in [0.4, 0.5) is 0 Å². The minimum Gasteiger partial charge on any atom is -0.310 e. The first-order valence-corrected chi connectivity index (χ1v) is 8.84. The van der Waals surface area contributed by atoms with Crippen molar-refractivity contribution < 1.29 is 0 Å². The molecule has 0 radical (unpaired) electrons.